The van der Waals surface area contributed by atoms with Gasteiger partial charge in [0.25, 0.3) is 0 Å². The third kappa shape index (κ3) is 8.64. The molecular weight excluding hydrogens is 558 g/mol. The van der Waals surface area contributed by atoms with Gasteiger partial charge in [0.15, 0.2) is 0 Å². The monoisotopic (exact) mass is 603 g/mol. The van der Waals surface area contributed by atoms with Crippen LogP contribution in [0.25, 0.3) is 0 Å². The van der Waals surface area contributed by atoms with Gasteiger partial charge in [-0.2, -0.15) is 0 Å². The summed E-state index contributed by atoms with van der Waals surface area (Å²) in [5.74, 6) is 1.08. The average Bonchev–Trinajstić information content (AvgIpc) is 2.98. The predicted molar refractivity (Wildman–Crippen MR) is 172 cm³/mol. The largest absolute Gasteiger partial charge is 0.444 e. The maximum atomic E-state index is 12.4. The Balaban J connectivity index is 1.28. The number of piperazine rings is 1. The van der Waals surface area contributed by atoms with Gasteiger partial charge in [-0.1, -0.05) is 35.9 Å². The number of hydrogen-bond acceptors (Lipinski definition) is 8. The molecule has 0 atom stereocenters. The number of amides is 1. The number of benzene rings is 1. The summed E-state index contributed by atoms with van der Waals surface area (Å²) >= 11 is 0. The molecule has 1 saturated carbocycles. The Morgan fingerprint density at radius 1 is 1.07 bits per heavy atom. The van der Waals surface area contributed by atoms with Crippen LogP contribution >= 0.6 is 0 Å². The van der Waals surface area contributed by atoms with Crippen LogP contribution in [0.5, 0.6) is 0 Å². The molecule has 2 fully saturated rings. The van der Waals surface area contributed by atoms with E-state index in [9.17, 15) is 15.1 Å². The number of hydrogen-bond donors (Lipinski definition) is 3. The van der Waals surface area contributed by atoms with E-state index in [4.69, 9.17) is 9.73 Å². The molecule has 1 aromatic carbocycles. The van der Waals surface area contributed by atoms with Crippen LogP contribution in [0.2, 0.25) is 0 Å². The molecule has 11 nitrogen and oxygen atoms in total. The zero-order valence-corrected chi connectivity index (χ0v) is 26.2. The summed E-state index contributed by atoms with van der Waals surface area (Å²) < 4.78 is 5.51. The fourth-order valence-electron chi connectivity index (χ4n) is 5.50. The quantitative estimate of drug-likeness (QED) is 0.461. The lowest BCUT2D eigenvalue weighted by Crippen LogP contribution is -2.50. The van der Waals surface area contributed by atoms with Crippen LogP contribution in [0, 0.1) is 6.92 Å². The van der Waals surface area contributed by atoms with Gasteiger partial charge in [0.05, 0.1) is 30.0 Å². The third-order valence-electron chi connectivity index (χ3n) is 8.01. The lowest BCUT2D eigenvalue weighted by Gasteiger charge is -2.36. The molecule has 0 aromatic heterocycles. The molecule has 3 N–H and O–H groups in total. The molecule has 1 aromatic rings. The standard InChI is InChI=1S/C33H45N7O4/c1-23-5-7-24(8-6-23)19-34-31-35-20-28(30(37-31)36-26-10-12-27(41)13-11-26)29-14-9-25(22-40(29)43)21-38-15-17-39(18-16-38)32(42)44-33(2,3)4/h5-9,14,20,22,26-27,41,43H,10-13,15-19,21H2,1-4H3,(H,34,36,37)/b29-28+. The van der Waals surface area contributed by atoms with E-state index in [1.165, 1.54) is 5.56 Å². The molecule has 3 aliphatic heterocycles. The Morgan fingerprint density at radius 3 is 2.43 bits per heavy atom. The minimum absolute atomic E-state index is 0.0616. The van der Waals surface area contributed by atoms with Crippen molar-refractivity contribution in [1.29, 1.82) is 0 Å². The second-order valence-corrected chi connectivity index (χ2v) is 12.9. The lowest BCUT2D eigenvalue weighted by atomic mass is 9.93. The van der Waals surface area contributed by atoms with E-state index < -0.39 is 5.60 Å². The highest BCUT2D eigenvalue weighted by Crippen LogP contribution is 2.25. The molecule has 0 spiro atoms. The van der Waals surface area contributed by atoms with Crippen molar-refractivity contribution in [3.05, 3.63) is 70.6 Å². The van der Waals surface area contributed by atoms with E-state index in [0.717, 1.165) is 55.0 Å². The minimum atomic E-state index is -0.513. The molecule has 1 saturated heterocycles. The first-order valence-electron chi connectivity index (χ1n) is 15.5. The predicted octanol–water partition coefficient (Wildman–Crippen LogP) is 4.18. The number of aryl methyl sites for hydroxylation is 1. The number of guanidine groups is 1. The molecule has 0 bridgehead atoms. The van der Waals surface area contributed by atoms with Gasteiger partial charge in [0, 0.05) is 45.1 Å². The Bertz CT molecular complexity index is 1370. The van der Waals surface area contributed by atoms with Gasteiger partial charge in [-0.15, -0.1) is 0 Å². The molecule has 11 heteroatoms. The van der Waals surface area contributed by atoms with Crippen molar-refractivity contribution in [2.45, 2.75) is 77.7 Å². The highest BCUT2D eigenvalue weighted by Gasteiger charge is 2.28. The van der Waals surface area contributed by atoms with Gasteiger partial charge in [0.1, 0.15) is 11.4 Å². The molecule has 0 radical (unpaired) electrons. The average molecular weight is 604 g/mol. The van der Waals surface area contributed by atoms with Crippen molar-refractivity contribution < 1.29 is 19.8 Å². The van der Waals surface area contributed by atoms with Crippen LogP contribution < -0.4 is 5.32 Å². The van der Waals surface area contributed by atoms with Gasteiger partial charge < -0.3 is 20.1 Å². The summed E-state index contributed by atoms with van der Waals surface area (Å²) in [7, 11) is 0. The number of aliphatic hydroxyl groups excluding tert-OH is 1. The molecule has 236 valence electrons. The van der Waals surface area contributed by atoms with Crippen LogP contribution in [0.3, 0.4) is 0 Å². The fraction of sp³-hybridized carbons (Fsp3) is 0.515. The number of rotatable bonds is 5. The highest BCUT2D eigenvalue weighted by molar-refractivity contribution is 6.25. The molecule has 1 aliphatic carbocycles. The second kappa shape index (κ2) is 13.9. The van der Waals surface area contributed by atoms with Crippen LogP contribution in [-0.2, 0) is 11.3 Å². The Morgan fingerprint density at radius 2 is 1.77 bits per heavy atom. The summed E-state index contributed by atoms with van der Waals surface area (Å²) in [6.45, 7) is 11.4. The number of carbonyl (C=O) groups is 1. The van der Waals surface area contributed by atoms with Gasteiger partial charge in [-0.25, -0.2) is 19.8 Å². The molecule has 5 rings (SSSR count). The van der Waals surface area contributed by atoms with Crippen molar-refractivity contribution in [2.75, 3.05) is 32.7 Å². The maximum absolute atomic E-state index is 12.4. The number of ether oxygens (including phenoxy) is 1. The summed E-state index contributed by atoms with van der Waals surface area (Å²) in [5.41, 5.74) is 3.96. The summed E-state index contributed by atoms with van der Waals surface area (Å²) in [6.07, 6.45) is 9.79. The number of hydroxylamine groups is 2. The Kier molecular flexibility index (Phi) is 9.97. The van der Waals surface area contributed by atoms with E-state index in [0.29, 0.717) is 49.2 Å². The van der Waals surface area contributed by atoms with E-state index >= 15 is 0 Å². The minimum Gasteiger partial charge on any atom is -0.444 e. The van der Waals surface area contributed by atoms with Crippen molar-refractivity contribution in [1.82, 2.24) is 20.2 Å². The third-order valence-corrected chi connectivity index (χ3v) is 8.01. The van der Waals surface area contributed by atoms with Crippen molar-refractivity contribution in [3.63, 3.8) is 0 Å². The zero-order chi connectivity index (χ0) is 31.3. The van der Waals surface area contributed by atoms with Crippen molar-refractivity contribution in [3.8, 4) is 0 Å². The van der Waals surface area contributed by atoms with Crippen molar-refractivity contribution >= 4 is 24.1 Å². The molecular formula is C33H45N7O4. The molecule has 44 heavy (non-hydrogen) atoms. The fourth-order valence-corrected chi connectivity index (χ4v) is 5.50. The zero-order valence-electron chi connectivity index (χ0n) is 26.2. The topological polar surface area (TPSA) is 126 Å². The number of amidine groups is 1. The van der Waals surface area contributed by atoms with Crippen LogP contribution in [0.15, 0.2) is 74.4 Å². The van der Waals surface area contributed by atoms with E-state index in [1.54, 1.807) is 17.3 Å². The number of nitrogens with zero attached hydrogens (tertiary/aromatic N) is 6. The maximum Gasteiger partial charge on any atom is 0.410 e. The smallest absolute Gasteiger partial charge is 0.410 e. The molecule has 0 unspecified atom stereocenters. The van der Waals surface area contributed by atoms with Gasteiger partial charge in [-0.05, 0) is 70.6 Å². The van der Waals surface area contributed by atoms with E-state index in [-0.39, 0.29) is 18.2 Å². The Hall–Kier alpha value is -3.80. The number of carbonyl (C=O) groups excluding carboxylic acids is 1. The molecule has 1 amide bonds. The number of aliphatic hydroxyl groups is 1. The summed E-state index contributed by atoms with van der Waals surface area (Å²) in [4.78, 5) is 30.7. The van der Waals surface area contributed by atoms with Gasteiger partial charge in [-0.3, -0.25) is 15.1 Å². The number of allylic oxidation sites excluding steroid dienone is 1. The van der Waals surface area contributed by atoms with Gasteiger partial charge >= 0.3 is 6.09 Å². The van der Waals surface area contributed by atoms with Crippen LogP contribution in [0.4, 0.5) is 4.79 Å². The first kappa shape index (κ1) is 31.6. The highest BCUT2D eigenvalue weighted by atomic mass is 16.6. The molecule has 3 heterocycles. The van der Waals surface area contributed by atoms with Crippen molar-refractivity contribution in [2.24, 2.45) is 15.0 Å². The first-order valence-corrected chi connectivity index (χ1v) is 15.5. The van der Waals surface area contributed by atoms with E-state index in [1.807, 2.05) is 32.9 Å². The summed E-state index contributed by atoms with van der Waals surface area (Å²) in [5, 5.41) is 25.5. The number of nitrogens with one attached hydrogen (secondary N) is 1. The Labute approximate surface area is 260 Å². The lowest BCUT2D eigenvalue weighted by molar-refractivity contribution is -0.00221. The normalized spacial score (nSPS) is 26.6. The molecule has 4 aliphatic rings. The van der Waals surface area contributed by atoms with Crippen LogP contribution in [-0.4, -0.2) is 99.8 Å². The summed E-state index contributed by atoms with van der Waals surface area (Å²) in [6, 6.07) is 8.31. The SMILES string of the molecule is Cc1ccc(CN=C2N=C/C(=C3/C=CC(CN4CCN(C(=O)OC(C)(C)C)CC4)=CN3O)C(=NC3CCC(O)CC3)N2)cc1. The van der Waals surface area contributed by atoms with E-state index in [2.05, 4.69) is 51.4 Å². The second-order valence-electron chi connectivity index (χ2n) is 12.9. The first-order chi connectivity index (χ1) is 21.0. The van der Waals surface area contributed by atoms with Crippen LogP contribution in [0.1, 0.15) is 57.6 Å². The van der Waals surface area contributed by atoms with Gasteiger partial charge in [0.2, 0.25) is 5.96 Å². The number of aliphatic imine (C=N–C) groups is 3.